The molecule has 3 nitrogen and oxygen atoms in total. The van der Waals surface area contributed by atoms with Crippen LogP contribution in [0.25, 0.3) is 10.8 Å². The van der Waals surface area contributed by atoms with Gasteiger partial charge in [0.15, 0.2) is 0 Å². The number of aliphatic hydroxyl groups is 1. The Labute approximate surface area is 143 Å². The molecule has 0 atom stereocenters. The third kappa shape index (κ3) is 3.97. The van der Waals surface area contributed by atoms with Crippen LogP contribution in [0.3, 0.4) is 0 Å². The molecular weight excluding hydrogens is 354 g/mol. The molecule has 1 N–H and O–H groups in total. The van der Waals surface area contributed by atoms with Crippen LogP contribution in [0, 0.1) is 0 Å². The van der Waals surface area contributed by atoms with Crippen molar-refractivity contribution in [2.24, 2.45) is 4.99 Å². The molecule has 3 rings (SSSR count). The van der Waals surface area contributed by atoms with Crippen LogP contribution in [0.5, 0.6) is 5.75 Å². The van der Waals surface area contributed by atoms with Gasteiger partial charge in [-0.15, -0.1) is 0 Å². The van der Waals surface area contributed by atoms with E-state index in [1.807, 2.05) is 36.4 Å². The summed E-state index contributed by atoms with van der Waals surface area (Å²) in [6, 6.07) is 20.0. The maximum Gasteiger partial charge on any atom is 0.128 e. The first-order valence-corrected chi connectivity index (χ1v) is 8.11. The Morgan fingerprint density at radius 2 is 1.83 bits per heavy atom. The first kappa shape index (κ1) is 15.7. The van der Waals surface area contributed by atoms with Crippen molar-refractivity contribution in [1.29, 1.82) is 0 Å². The van der Waals surface area contributed by atoms with Gasteiger partial charge in [-0.05, 0) is 41.1 Å². The summed E-state index contributed by atoms with van der Waals surface area (Å²) in [6.07, 6.45) is 1.78. The van der Waals surface area contributed by atoms with Crippen molar-refractivity contribution < 1.29 is 9.84 Å². The lowest BCUT2D eigenvalue weighted by atomic mass is 10.1. The second-order valence-electron chi connectivity index (χ2n) is 5.04. The predicted molar refractivity (Wildman–Crippen MR) is 97.9 cm³/mol. The van der Waals surface area contributed by atoms with Gasteiger partial charge in [0.2, 0.25) is 0 Å². The summed E-state index contributed by atoms with van der Waals surface area (Å²) < 4.78 is 6.49. The number of aliphatic hydroxyl groups excluding tert-OH is 1. The van der Waals surface area contributed by atoms with Crippen LogP contribution in [0.4, 0.5) is 5.69 Å². The van der Waals surface area contributed by atoms with Crippen molar-refractivity contribution >= 4 is 38.6 Å². The molecule has 0 aliphatic heterocycles. The molecule has 0 fully saturated rings. The Balaban J connectivity index is 1.89. The van der Waals surface area contributed by atoms with Crippen molar-refractivity contribution in [2.45, 2.75) is 0 Å². The Morgan fingerprint density at radius 1 is 1.00 bits per heavy atom. The second-order valence-corrected chi connectivity index (χ2v) is 5.96. The third-order valence-electron chi connectivity index (χ3n) is 3.41. The predicted octanol–water partition coefficient (Wildman–Crippen LogP) is 4.72. The van der Waals surface area contributed by atoms with Gasteiger partial charge in [-0.2, -0.15) is 0 Å². The average Bonchev–Trinajstić information content (AvgIpc) is 2.59. The molecule has 0 heterocycles. The number of nitrogens with zero attached hydrogens (tertiary/aromatic N) is 1. The molecule has 0 radical (unpaired) electrons. The number of fused-ring (bicyclic) bond motifs is 1. The fourth-order valence-corrected chi connectivity index (χ4v) is 2.69. The van der Waals surface area contributed by atoms with E-state index in [0.29, 0.717) is 5.75 Å². The van der Waals surface area contributed by atoms with Gasteiger partial charge in [0.25, 0.3) is 0 Å². The minimum absolute atomic E-state index is 0.0165. The molecule has 0 bridgehead atoms. The van der Waals surface area contributed by atoms with Gasteiger partial charge in [0.05, 0.1) is 12.3 Å². The van der Waals surface area contributed by atoms with E-state index in [1.54, 1.807) is 6.21 Å². The smallest absolute Gasteiger partial charge is 0.128 e. The number of ether oxygens (including phenoxy) is 1. The molecule has 0 spiro atoms. The van der Waals surface area contributed by atoms with Crippen molar-refractivity contribution in [2.75, 3.05) is 13.2 Å². The topological polar surface area (TPSA) is 41.8 Å². The van der Waals surface area contributed by atoms with Crippen molar-refractivity contribution in [3.05, 3.63) is 70.7 Å². The largest absolute Gasteiger partial charge is 0.491 e. The molecule has 0 aliphatic carbocycles. The monoisotopic (exact) mass is 369 g/mol. The highest BCUT2D eigenvalue weighted by atomic mass is 79.9. The summed E-state index contributed by atoms with van der Waals surface area (Å²) in [5.74, 6) is 0.701. The molecule has 0 amide bonds. The summed E-state index contributed by atoms with van der Waals surface area (Å²) in [5, 5.41) is 11.3. The number of hydrogen-bond donors (Lipinski definition) is 1. The van der Waals surface area contributed by atoms with Gasteiger partial charge < -0.3 is 9.84 Å². The molecule has 0 aromatic heterocycles. The molecule has 23 heavy (non-hydrogen) atoms. The van der Waals surface area contributed by atoms with E-state index in [1.165, 1.54) is 5.39 Å². The molecule has 0 saturated heterocycles. The quantitative estimate of drug-likeness (QED) is 0.660. The maximum absolute atomic E-state index is 8.91. The fourth-order valence-electron chi connectivity index (χ4n) is 2.31. The zero-order valence-corrected chi connectivity index (χ0v) is 14.0. The van der Waals surface area contributed by atoms with E-state index in [-0.39, 0.29) is 13.2 Å². The van der Waals surface area contributed by atoms with Crippen LogP contribution in [-0.2, 0) is 0 Å². The minimum Gasteiger partial charge on any atom is -0.491 e. The van der Waals surface area contributed by atoms with E-state index >= 15 is 0 Å². The molecule has 116 valence electrons. The zero-order valence-electron chi connectivity index (χ0n) is 12.4. The number of rotatable bonds is 5. The van der Waals surface area contributed by atoms with Crippen LogP contribution in [0.15, 0.2) is 70.1 Å². The summed E-state index contributed by atoms with van der Waals surface area (Å²) in [7, 11) is 0. The third-order valence-corrected chi connectivity index (χ3v) is 3.90. The van der Waals surface area contributed by atoms with Crippen LogP contribution in [0.2, 0.25) is 0 Å². The minimum atomic E-state index is -0.0165. The maximum atomic E-state index is 8.91. The van der Waals surface area contributed by atoms with E-state index < -0.39 is 0 Å². The standard InChI is InChI=1S/C19H16BrNO2/c20-17-6-8-19(23-10-9-22)16(11-17)13-21-18-7-5-14-3-1-2-4-15(14)12-18/h1-8,11-13,22H,9-10H2. The molecular formula is C19H16BrNO2. The summed E-state index contributed by atoms with van der Waals surface area (Å²) in [6.45, 7) is 0.246. The lowest BCUT2D eigenvalue weighted by molar-refractivity contribution is 0.201. The number of aliphatic imine (C=N–C) groups is 1. The normalized spacial score (nSPS) is 11.2. The van der Waals surface area contributed by atoms with Crippen LogP contribution >= 0.6 is 15.9 Å². The van der Waals surface area contributed by atoms with Crippen molar-refractivity contribution in [3.8, 4) is 5.75 Å². The van der Waals surface area contributed by atoms with E-state index in [9.17, 15) is 0 Å². The second kappa shape index (κ2) is 7.40. The Bertz CT molecular complexity index is 846. The van der Waals surface area contributed by atoms with Gasteiger partial charge in [-0.25, -0.2) is 0 Å². The molecule has 0 unspecified atom stereocenters. The summed E-state index contributed by atoms with van der Waals surface area (Å²) in [4.78, 5) is 4.55. The highest BCUT2D eigenvalue weighted by molar-refractivity contribution is 9.10. The van der Waals surface area contributed by atoms with Crippen molar-refractivity contribution in [1.82, 2.24) is 0 Å². The lowest BCUT2D eigenvalue weighted by Gasteiger charge is -2.08. The number of benzene rings is 3. The Kier molecular flexibility index (Phi) is 5.05. The Morgan fingerprint density at radius 3 is 2.65 bits per heavy atom. The molecule has 0 aliphatic rings. The summed E-state index contributed by atoms with van der Waals surface area (Å²) in [5.41, 5.74) is 1.75. The molecule has 4 heteroatoms. The van der Waals surface area contributed by atoms with E-state index in [4.69, 9.17) is 9.84 Å². The zero-order chi connectivity index (χ0) is 16.1. The van der Waals surface area contributed by atoms with Crippen LogP contribution < -0.4 is 4.74 Å². The molecule has 3 aromatic carbocycles. The molecule has 3 aromatic rings. The Hall–Kier alpha value is -2.17. The van der Waals surface area contributed by atoms with Crippen molar-refractivity contribution in [3.63, 3.8) is 0 Å². The SMILES string of the molecule is OCCOc1ccc(Br)cc1C=Nc1ccc2ccccc2c1. The first-order valence-electron chi connectivity index (χ1n) is 7.32. The molecule has 0 saturated carbocycles. The number of hydrogen-bond acceptors (Lipinski definition) is 3. The van der Waals surface area contributed by atoms with Gasteiger partial charge in [0.1, 0.15) is 12.4 Å². The van der Waals surface area contributed by atoms with E-state index in [0.717, 1.165) is 21.1 Å². The lowest BCUT2D eigenvalue weighted by Crippen LogP contribution is -2.03. The van der Waals surface area contributed by atoms with Gasteiger partial charge in [0, 0.05) is 16.3 Å². The van der Waals surface area contributed by atoms with Crippen LogP contribution in [-0.4, -0.2) is 24.5 Å². The van der Waals surface area contributed by atoms with Gasteiger partial charge in [-0.3, -0.25) is 4.99 Å². The van der Waals surface area contributed by atoms with Crippen LogP contribution in [0.1, 0.15) is 5.56 Å². The average molecular weight is 370 g/mol. The van der Waals surface area contributed by atoms with Gasteiger partial charge in [-0.1, -0.05) is 46.3 Å². The summed E-state index contributed by atoms with van der Waals surface area (Å²) >= 11 is 3.46. The van der Waals surface area contributed by atoms with Gasteiger partial charge >= 0.3 is 0 Å². The first-order chi connectivity index (χ1) is 11.3. The highest BCUT2D eigenvalue weighted by Gasteiger charge is 2.03. The number of halogens is 1. The fraction of sp³-hybridized carbons (Fsp3) is 0.105. The highest BCUT2D eigenvalue weighted by Crippen LogP contribution is 2.24. The van der Waals surface area contributed by atoms with E-state index in [2.05, 4.69) is 45.2 Å².